The van der Waals surface area contributed by atoms with Gasteiger partial charge >= 0.3 is 0 Å². The number of rotatable bonds is 3. The first-order valence-corrected chi connectivity index (χ1v) is 8.48. The van der Waals surface area contributed by atoms with Crippen LogP contribution in [0.4, 0.5) is 0 Å². The number of guanidine groups is 1. The van der Waals surface area contributed by atoms with Crippen molar-refractivity contribution < 1.29 is 4.79 Å². The van der Waals surface area contributed by atoms with Crippen LogP contribution in [0, 0.1) is 0 Å². The maximum absolute atomic E-state index is 13.1. The van der Waals surface area contributed by atoms with E-state index < -0.39 is 5.54 Å². The van der Waals surface area contributed by atoms with Crippen LogP contribution in [0.2, 0.25) is 0 Å². The topological polar surface area (TPSA) is 58.7 Å². The fourth-order valence-electron chi connectivity index (χ4n) is 3.40. The average Bonchev–Trinajstić information content (AvgIpc) is 2.94. The highest BCUT2D eigenvalue weighted by molar-refractivity contribution is 6.08. The molecule has 4 heteroatoms. The number of benzene rings is 3. The molecule has 0 aromatic heterocycles. The molecular formula is C22H19N3O. The van der Waals surface area contributed by atoms with Crippen molar-refractivity contribution >= 4 is 11.9 Å². The fourth-order valence-corrected chi connectivity index (χ4v) is 3.40. The van der Waals surface area contributed by atoms with Crippen molar-refractivity contribution in [2.24, 2.45) is 10.7 Å². The lowest BCUT2D eigenvalue weighted by molar-refractivity contribution is -0.129. The van der Waals surface area contributed by atoms with E-state index in [2.05, 4.69) is 17.1 Å². The van der Waals surface area contributed by atoms with Crippen LogP contribution in [-0.4, -0.2) is 23.8 Å². The second-order valence-corrected chi connectivity index (χ2v) is 6.35. The van der Waals surface area contributed by atoms with Crippen LogP contribution in [0.3, 0.4) is 0 Å². The Hall–Kier alpha value is -3.40. The molecule has 3 aromatic rings. The van der Waals surface area contributed by atoms with E-state index in [4.69, 9.17) is 5.73 Å². The molecule has 1 amide bonds. The van der Waals surface area contributed by atoms with Gasteiger partial charge in [0.1, 0.15) is 0 Å². The van der Waals surface area contributed by atoms with Gasteiger partial charge in [0.05, 0.1) is 0 Å². The van der Waals surface area contributed by atoms with E-state index in [9.17, 15) is 4.79 Å². The highest BCUT2D eigenvalue weighted by Gasteiger charge is 2.49. The Kier molecular flexibility index (Phi) is 3.81. The van der Waals surface area contributed by atoms with Crippen molar-refractivity contribution in [2.45, 2.75) is 5.54 Å². The SMILES string of the molecule is CN1C(=O)C(c2ccccc2)(c2ccc(-c3ccccc3)cc2)N=C1N. The molecule has 1 atom stereocenters. The standard InChI is InChI=1S/C22H19N3O/c1-25-20(26)22(24-21(25)23,18-10-6-3-7-11-18)19-14-12-17(13-15-19)16-8-4-2-5-9-16/h2-15H,1H3,(H2,23,24). The van der Waals surface area contributed by atoms with Crippen LogP contribution >= 0.6 is 0 Å². The number of likely N-dealkylation sites (N-methyl/N-ethyl adjacent to an activating group) is 1. The van der Waals surface area contributed by atoms with Gasteiger partial charge in [-0.1, -0.05) is 84.9 Å². The largest absolute Gasteiger partial charge is 0.369 e. The molecule has 0 bridgehead atoms. The number of carbonyl (C=O) groups excluding carboxylic acids is 1. The minimum atomic E-state index is -1.13. The Balaban J connectivity index is 1.85. The van der Waals surface area contributed by atoms with E-state index in [1.165, 1.54) is 4.90 Å². The molecular weight excluding hydrogens is 322 g/mol. The number of hydrogen-bond donors (Lipinski definition) is 1. The lowest BCUT2D eigenvalue weighted by Gasteiger charge is -2.26. The van der Waals surface area contributed by atoms with Gasteiger partial charge < -0.3 is 5.73 Å². The Morgan fingerprint density at radius 3 is 1.81 bits per heavy atom. The van der Waals surface area contributed by atoms with Crippen molar-refractivity contribution in [3.8, 4) is 11.1 Å². The fraction of sp³-hybridized carbons (Fsp3) is 0.0909. The summed E-state index contributed by atoms with van der Waals surface area (Å²) in [5.74, 6) is 0.0830. The summed E-state index contributed by atoms with van der Waals surface area (Å²) in [6, 6.07) is 27.7. The van der Waals surface area contributed by atoms with Gasteiger partial charge in [0.25, 0.3) is 5.91 Å². The molecule has 0 fully saturated rings. The summed E-state index contributed by atoms with van der Waals surface area (Å²) in [5.41, 5.74) is 8.70. The van der Waals surface area contributed by atoms with E-state index in [0.29, 0.717) is 0 Å². The van der Waals surface area contributed by atoms with E-state index in [0.717, 1.165) is 22.3 Å². The maximum atomic E-state index is 13.1. The molecule has 1 heterocycles. The molecule has 4 rings (SSSR count). The molecule has 0 saturated carbocycles. The van der Waals surface area contributed by atoms with Crippen LogP contribution in [0.1, 0.15) is 11.1 Å². The Morgan fingerprint density at radius 2 is 1.27 bits per heavy atom. The van der Waals surface area contributed by atoms with Crippen LogP contribution < -0.4 is 5.73 Å². The number of amides is 1. The monoisotopic (exact) mass is 341 g/mol. The molecule has 3 aromatic carbocycles. The van der Waals surface area contributed by atoms with Crippen molar-refractivity contribution in [3.63, 3.8) is 0 Å². The van der Waals surface area contributed by atoms with E-state index in [1.807, 2.05) is 72.8 Å². The number of aliphatic imine (C=N–C) groups is 1. The molecule has 128 valence electrons. The zero-order chi connectivity index (χ0) is 18.1. The highest BCUT2D eigenvalue weighted by Crippen LogP contribution is 2.39. The highest BCUT2D eigenvalue weighted by atomic mass is 16.2. The van der Waals surface area contributed by atoms with Crippen LogP contribution in [0.15, 0.2) is 89.9 Å². The van der Waals surface area contributed by atoms with Gasteiger partial charge in [0.2, 0.25) is 0 Å². The third-order valence-electron chi connectivity index (χ3n) is 4.84. The van der Waals surface area contributed by atoms with E-state index >= 15 is 0 Å². The zero-order valence-electron chi connectivity index (χ0n) is 14.5. The Labute approximate surface area is 152 Å². The lowest BCUT2D eigenvalue weighted by atomic mass is 9.82. The number of hydrogen-bond acceptors (Lipinski definition) is 3. The summed E-state index contributed by atoms with van der Waals surface area (Å²) in [6.07, 6.45) is 0. The van der Waals surface area contributed by atoms with Crippen molar-refractivity contribution in [2.75, 3.05) is 7.05 Å². The van der Waals surface area contributed by atoms with Crippen molar-refractivity contribution in [1.29, 1.82) is 0 Å². The van der Waals surface area contributed by atoms with Gasteiger partial charge in [-0.25, -0.2) is 4.99 Å². The zero-order valence-corrected chi connectivity index (χ0v) is 14.5. The molecule has 1 aliphatic heterocycles. The molecule has 0 radical (unpaired) electrons. The first-order chi connectivity index (χ1) is 12.6. The van der Waals surface area contributed by atoms with E-state index in [1.54, 1.807) is 7.05 Å². The first kappa shape index (κ1) is 16.1. The van der Waals surface area contributed by atoms with Gasteiger partial charge in [-0.15, -0.1) is 0 Å². The third kappa shape index (κ3) is 2.39. The van der Waals surface area contributed by atoms with Crippen molar-refractivity contribution in [3.05, 3.63) is 96.1 Å². The van der Waals surface area contributed by atoms with Crippen LogP contribution in [0.5, 0.6) is 0 Å². The normalized spacial score (nSPS) is 19.5. The molecule has 26 heavy (non-hydrogen) atoms. The summed E-state index contributed by atoms with van der Waals surface area (Å²) in [7, 11) is 1.66. The summed E-state index contributed by atoms with van der Waals surface area (Å²) in [5, 5.41) is 0. The first-order valence-electron chi connectivity index (χ1n) is 8.48. The summed E-state index contributed by atoms with van der Waals surface area (Å²) in [6.45, 7) is 0. The predicted molar refractivity (Wildman–Crippen MR) is 103 cm³/mol. The van der Waals surface area contributed by atoms with Gasteiger partial charge in [0.15, 0.2) is 11.5 Å². The second kappa shape index (κ2) is 6.15. The molecule has 1 aliphatic rings. The van der Waals surface area contributed by atoms with Gasteiger partial charge in [-0.2, -0.15) is 0 Å². The molecule has 1 unspecified atom stereocenters. The molecule has 0 spiro atoms. The summed E-state index contributed by atoms with van der Waals surface area (Å²) in [4.78, 5) is 19.1. The van der Waals surface area contributed by atoms with Gasteiger partial charge in [0, 0.05) is 7.05 Å². The Morgan fingerprint density at radius 1 is 0.769 bits per heavy atom. The summed E-state index contributed by atoms with van der Waals surface area (Å²) < 4.78 is 0. The lowest BCUT2D eigenvalue weighted by Crippen LogP contribution is -2.41. The van der Waals surface area contributed by atoms with Crippen LogP contribution in [-0.2, 0) is 10.3 Å². The van der Waals surface area contributed by atoms with Gasteiger partial charge in [-0.3, -0.25) is 9.69 Å². The Bertz CT molecular complexity index is 965. The second-order valence-electron chi connectivity index (χ2n) is 6.35. The number of nitrogens with zero attached hydrogens (tertiary/aromatic N) is 2. The minimum absolute atomic E-state index is 0.145. The smallest absolute Gasteiger partial charge is 0.266 e. The van der Waals surface area contributed by atoms with Crippen LogP contribution in [0.25, 0.3) is 11.1 Å². The molecule has 0 saturated heterocycles. The molecule has 2 N–H and O–H groups in total. The third-order valence-corrected chi connectivity index (χ3v) is 4.84. The predicted octanol–water partition coefficient (Wildman–Crippen LogP) is 3.38. The average molecular weight is 341 g/mol. The quantitative estimate of drug-likeness (QED) is 0.794. The van der Waals surface area contributed by atoms with Gasteiger partial charge in [-0.05, 0) is 22.3 Å². The molecule has 0 aliphatic carbocycles. The van der Waals surface area contributed by atoms with Crippen molar-refractivity contribution in [1.82, 2.24) is 4.90 Å². The minimum Gasteiger partial charge on any atom is -0.369 e. The molecule has 4 nitrogen and oxygen atoms in total. The number of carbonyl (C=O) groups is 1. The maximum Gasteiger partial charge on any atom is 0.266 e. The summed E-state index contributed by atoms with van der Waals surface area (Å²) >= 11 is 0. The number of nitrogens with two attached hydrogens (primary N) is 1. The van der Waals surface area contributed by atoms with E-state index in [-0.39, 0.29) is 11.9 Å².